The summed E-state index contributed by atoms with van der Waals surface area (Å²) in [4.78, 5) is 27.6. The van der Waals surface area contributed by atoms with Crippen molar-refractivity contribution in [3.63, 3.8) is 0 Å². The average molecular weight is 452 g/mol. The Kier molecular flexibility index (Phi) is 7.79. The highest BCUT2D eigenvalue weighted by Crippen LogP contribution is 2.41. The maximum Gasteiger partial charge on any atom is 0.295 e. The molecule has 1 atom stereocenters. The Labute approximate surface area is 195 Å². The second-order valence-electron chi connectivity index (χ2n) is 8.34. The molecule has 1 aliphatic rings. The van der Waals surface area contributed by atoms with Crippen LogP contribution in [0.25, 0.3) is 5.76 Å². The zero-order valence-corrected chi connectivity index (χ0v) is 20.1. The summed E-state index contributed by atoms with van der Waals surface area (Å²) in [6.07, 6.45) is 0.695. The Morgan fingerprint density at radius 3 is 2.24 bits per heavy atom. The van der Waals surface area contributed by atoms with Crippen molar-refractivity contribution in [3.05, 3.63) is 64.7 Å². The van der Waals surface area contributed by atoms with E-state index in [-0.39, 0.29) is 11.3 Å². The van der Waals surface area contributed by atoms with Gasteiger partial charge in [0.05, 0.1) is 30.4 Å². The third-order valence-corrected chi connectivity index (χ3v) is 5.74. The van der Waals surface area contributed by atoms with Crippen LogP contribution in [-0.4, -0.2) is 41.5 Å². The van der Waals surface area contributed by atoms with Crippen LogP contribution >= 0.6 is 0 Å². The SMILES string of the molecule is CCCN1C(=O)C(=O)/C(=C(\O)c2ccc(OCC)cc2OCC)C1c1ccc(C(C)C)cc1. The van der Waals surface area contributed by atoms with Gasteiger partial charge in [-0.15, -0.1) is 0 Å². The van der Waals surface area contributed by atoms with Gasteiger partial charge in [-0.3, -0.25) is 9.59 Å². The molecule has 1 saturated heterocycles. The molecule has 0 radical (unpaired) electrons. The number of ether oxygens (including phenoxy) is 2. The smallest absolute Gasteiger partial charge is 0.295 e. The second kappa shape index (κ2) is 10.6. The Bertz CT molecular complexity index is 1040. The molecule has 0 saturated carbocycles. The topological polar surface area (TPSA) is 76.1 Å². The molecule has 1 unspecified atom stereocenters. The monoisotopic (exact) mass is 451 g/mol. The first kappa shape index (κ1) is 24.4. The standard InChI is InChI=1S/C27H33NO5/c1-6-15-28-24(19-11-9-18(10-12-19)17(4)5)23(26(30)27(28)31)25(29)21-14-13-20(32-7-2)16-22(21)33-8-3/h9-14,16-17,24,29H,6-8,15H2,1-5H3/b25-23-. The minimum absolute atomic E-state index is 0.0795. The Morgan fingerprint density at radius 1 is 1.00 bits per heavy atom. The van der Waals surface area contributed by atoms with E-state index in [1.54, 1.807) is 23.1 Å². The molecule has 176 valence electrons. The van der Waals surface area contributed by atoms with Crippen molar-refractivity contribution in [1.82, 2.24) is 4.90 Å². The van der Waals surface area contributed by atoms with Gasteiger partial charge in [-0.1, -0.05) is 45.0 Å². The van der Waals surface area contributed by atoms with Crippen LogP contribution in [0.4, 0.5) is 0 Å². The van der Waals surface area contributed by atoms with Gasteiger partial charge in [-0.2, -0.15) is 0 Å². The summed E-state index contributed by atoms with van der Waals surface area (Å²) in [5.74, 6) is -0.160. The number of amides is 1. The predicted octanol–water partition coefficient (Wildman–Crippen LogP) is 5.44. The predicted molar refractivity (Wildman–Crippen MR) is 129 cm³/mol. The normalized spacial score (nSPS) is 17.6. The average Bonchev–Trinajstić information content (AvgIpc) is 3.04. The van der Waals surface area contributed by atoms with Crippen molar-refractivity contribution in [2.24, 2.45) is 0 Å². The van der Waals surface area contributed by atoms with Crippen LogP contribution in [0, 0.1) is 0 Å². The van der Waals surface area contributed by atoms with Crippen LogP contribution in [0.1, 0.15) is 69.7 Å². The minimum atomic E-state index is -0.685. The van der Waals surface area contributed by atoms with E-state index >= 15 is 0 Å². The molecule has 0 aliphatic carbocycles. The molecule has 0 aromatic heterocycles. The molecule has 0 spiro atoms. The van der Waals surface area contributed by atoms with Gasteiger partial charge in [-0.25, -0.2) is 0 Å². The number of rotatable bonds is 9. The fraction of sp³-hybridized carbons (Fsp3) is 0.407. The molecule has 1 N–H and O–H groups in total. The number of likely N-dealkylation sites (tertiary alicyclic amines) is 1. The number of aliphatic hydroxyl groups is 1. The molecule has 1 aliphatic heterocycles. The molecule has 33 heavy (non-hydrogen) atoms. The number of hydrogen-bond donors (Lipinski definition) is 1. The van der Waals surface area contributed by atoms with Gasteiger partial charge in [-0.05, 0) is 49.4 Å². The lowest BCUT2D eigenvalue weighted by Gasteiger charge is -2.25. The molecule has 1 heterocycles. The fourth-order valence-electron chi connectivity index (χ4n) is 4.14. The van der Waals surface area contributed by atoms with Gasteiger partial charge in [0, 0.05) is 12.6 Å². The van der Waals surface area contributed by atoms with Crippen LogP contribution in [0.15, 0.2) is 48.0 Å². The van der Waals surface area contributed by atoms with Crippen LogP contribution in [-0.2, 0) is 9.59 Å². The summed E-state index contributed by atoms with van der Waals surface area (Å²) in [5.41, 5.74) is 2.39. The largest absolute Gasteiger partial charge is 0.507 e. The molecule has 1 amide bonds. The van der Waals surface area contributed by atoms with Gasteiger partial charge < -0.3 is 19.5 Å². The van der Waals surface area contributed by atoms with Gasteiger partial charge in [0.1, 0.15) is 17.3 Å². The molecular formula is C27H33NO5. The van der Waals surface area contributed by atoms with Gasteiger partial charge in [0.25, 0.3) is 11.7 Å². The van der Waals surface area contributed by atoms with Crippen LogP contribution in [0.2, 0.25) is 0 Å². The summed E-state index contributed by atoms with van der Waals surface area (Å²) in [5, 5.41) is 11.4. The van der Waals surface area contributed by atoms with E-state index in [1.807, 2.05) is 45.0 Å². The molecule has 2 aromatic carbocycles. The Hall–Kier alpha value is -3.28. The lowest BCUT2D eigenvalue weighted by atomic mass is 9.93. The fourth-order valence-corrected chi connectivity index (χ4v) is 4.14. The number of hydrogen-bond acceptors (Lipinski definition) is 5. The molecule has 1 fully saturated rings. The summed E-state index contributed by atoms with van der Waals surface area (Å²) >= 11 is 0. The number of Topliss-reactive ketones (excluding diaryl/α,β-unsaturated/α-hetero) is 1. The lowest BCUT2D eigenvalue weighted by Crippen LogP contribution is -2.30. The van der Waals surface area contributed by atoms with Gasteiger partial charge in [0.15, 0.2) is 0 Å². The maximum atomic E-state index is 13.1. The quantitative estimate of drug-likeness (QED) is 0.312. The van der Waals surface area contributed by atoms with E-state index in [4.69, 9.17) is 9.47 Å². The van der Waals surface area contributed by atoms with Crippen LogP contribution in [0.5, 0.6) is 11.5 Å². The van der Waals surface area contributed by atoms with E-state index in [2.05, 4.69) is 13.8 Å². The first-order chi connectivity index (χ1) is 15.8. The van der Waals surface area contributed by atoms with Crippen molar-refractivity contribution in [3.8, 4) is 11.5 Å². The molecule has 0 bridgehead atoms. The van der Waals surface area contributed by atoms with E-state index in [0.29, 0.717) is 49.2 Å². The van der Waals surface area contributed by atoms with Crippen LogP contribution in [0.3, 0.4) is 0 Å². The van der Waals surface area contributed by atoms with E-state index < -0.39 is 17.7 Å². The lowest BCUT2D eigenvalue weighted by molar-refractivity contribution is -0.139. The number of carbonyl (C=O) groups is 2. The molecule has 2 aromatic rings. The number of aliphatic hydroxyl groups excluding tert-OH is 1. The highest BCUT2D eigenvalue weighted by Gasteiger charge is 2.45. The Balaban J connectivity index is 2.18. The van der Waals surface area contributed by atoms with Gasteiger partial charge in [0.2, 0.25) is 0 Å². The van der Waals surface area contributed by atoms with Crippen molar-refractivity contribution >= 4 is 17.4 Å². The third kappa shape index (κ3) is 4.90. The summed E-state index contributed by atoms with van der Waals surface area (Å²) in [6, 6.07) is 12.3. The van der Waals surface area contributed by atoms with Crippen LogP contribution < -0.4 is 9.47 Å². The zero-order valence-electron chi connectivity index (χ0n) is 20.1. The van der Waals surface area contributed by atoms with Crippen molar-refractivity contribution in [2.75, 3.05) is 19.8 Å². The van der Waals surface area contributed by atoms with E-state index in [0.717, 1.165) is 11.1 Å². The summed E-state index contributed by atoms with van der Waals surface area (Å²) in [6.45, 7) is 11.2. The number of carbonyl (C=O) groups excluding carboxylic acids is 2. The molecular weight excluding hydrogens is 418 g/mol. The first-order valence-corrected chi connectivity index (χ1v) is 11.6. The molecule has 6 heteroatoms. The second-order valence-corrected chi connectivity index (χ2v) is 8.34. The number of benzene rings is 2. The molecule has 6 nitrogen and oxygen atoms in total. The molecule has 3 rings (SSSR count). The zero-order chi connectivity index (χ0) is 24.1. The van der Waals surface area contributed by atoms with E-state index in [1.165, 1.54) is 0 Å². The first-order valence-electron chi connectivity index (χ1n) is 11.6. The van der Waals surface area contributed by atoms with E-state index in [9.17, 15) is 14.7 Å². The Morgan fingerprint density at radius 2 is 1.67 bits per heavy atom. The van der Waals surface area contributed by atoms with Crippen molar-refractivity contribution in [2.45, 2.75) is 53.0 Å². The highest BCUT2D eigenvalue weighted by molar-refractivity contribution is 6.46. The van der Waals surface area contributed by atoms with Gasteiger partial charge >= 0.3 is 0 Å². The number of ketones is 1. The summed E-state index contributed by atoms with van der Waals surface area (Å²) < 4.78 is 11.3. The minimum Gasteiger partial charge on any atom is -0.507 e. The maximum absolute atomic E-state index is 13.1. The number of nitrogens with zero attached hydrogens (tertiary/aromatic N) is 1. The third-order valence-electron chi connectivity index (χ3n) is 5.74. The summed E-state index contributed by atoms with van der Waals surface area (Å²) in [7, 11) is 0. The van der Waals surface area contributed by atoms with Crippen molar-refractivity contribution in [1.29, 1.82) is 0 Å². The highest BCUT2D eigenvalue weighted by atomic mass is 16.5. The van der Waals surface area contributed by atoms with Crippen molar-refractivity contribution < 1.29 is 24.2 Å².